The first kappa shape index (κ1) is 9.21. The summed E-state index contributed by atoms with van der Waals surface area (Å²) < 4.78 is 1.66. The molecule has 3 aliphatic heterocycles. The quantitative estimate of drug-likeness (QED) is 0.719. The van der Waals surface area contributed by atoms with Crippen LogP contribution in [0.15, 0.2) is 17.1 Å². The Bertz CT molecular complexity index is 600. The number of anilines is 1. The number of rotatable bonds is 1. The second-order valence-corrected chi connectivity index (χ2v) is 5.42. The Kier molecular flexibility index (Phi) is 1.28. The first-order valence-electron chi connectivity index (χ1n) is 5.63. The highest BCUT2D eigenvalue weighted by atomic mass is 16.4. The number of fused-ring (bicyclic) bond motifs is 1. The maximum Gasteiger partial charge on any atom is 0.349 e. The van der Waals surface area contributed by atoms with E-state index >= 15 is 0 Å². The van der Waals surface area contributed by atoms with Crippen molar-refractivity contribution in [1.82, 2.24) is 9.55 Å². The molecule has 6 heteroatoms. The molecule has 1 aromatic rings. The van der Waals surface area contributed by atoms with E-state index in [9.17, 15) is 14.7 Å². The van der Waals surface area contributed by atoms with Gasteiger partial charge < -0.3 is 10.0 Å². The summed E-state index contributed by atoms with van der Waals surface area (Å²) in [6.45, 7) is 1.11. The van der Waals surface area contributed by atoms with Crippen LogP contribution in [0.2, 0.25) is 0 Å². The molecule has 4 heterocycles. The predicted molar refractivity (Wildman–Crippen MR) is 57.9 cm³/mol. The van der Waals surface area contributed by atoms with Crippen LogP contribution >= 0.6 is 0 Å². The van der Waals surface area contributed by atoms with Crippen molar-refractivity contribution in [3.63, 3.8) is 0 Å². The smallest absolute Gasteiger partial charge is 0.349 e. The zero-order valence-electron chi connectivity index (χ0n) is 9.09. The molecule has 3 fully saturated rings. The third-order valence-corrected chi connectivity index (χ3v) is 4.47. The van der Waals surface area contributed by atoms with Crippen LogP contribution in [0, 0.1) is 5.41 Å². The Labute approximate surface area is 96.5 Å². The summed E-state index contributed by atoms with van der Waals surface area (Å²) in [6, 6.07) is 1.80. The molecule has 1 aromatic heterocycles. The van der Waals surface area contributed by atoms with E-state index in [4.69, 9.17) is 0 Å². The summed E-state index contributed by atoms with van der Waals surface area (Å²) in [5, 5.41) is 9.26. The zero-order chi connectivity index (χ0) is 11.8. The fourth-order valence-electron chi connectivity index (χ4n) is 3.83. The minimum Gasteiger partial charge on any atom is -0.481 e. The number of hydrogen-bond acceptors (Lipinski definition) is 4. The molecule has 1 spiro atoms. The maximum absolute atomic E-state index is 11.6. The average Bonchev–Trinajstić information content (AvgIpc) is 2.78. The summed E-state index contributed by atoms with van der Waals surface area (Å²) >= 11 is 0. The van der Waals surface area contributed by atoms with Gasteiger partial charge in [0.15, 0.2) is 0 Å². The van der Waals surface area contributed by atoms with Gasteiger partial charge in [-0.05, 0) is 18.9 Å². The van der Waals surface area contributed by atoms with Crippen molar-refractivity contribution in [2.24, 2.45) is 5.41 Å². The molecule has 17 heavy (non-hydrogen) atoms. The number of carboxylic acid groups (broad SMARTS) is 1. The van der Waals surface area contributed by atoms with Crippen LogP contribution in [0.4, 0.5) is 5.82 Å². The van der Waals surface area contributed by atoms with Gasteiger partial charge in [0.1, 0.15) is 5.82 Å². The Morgan fingerprint density at radius 2 is 2.18 bits per heavy atom. The lowest BCUT2D eigenvalue weighted by Crippen LogP contribution is -2.52. The van der Waals surface area contributed by atoms with Crippen molar-refractivity contribution in [3.05, 3.63) is 22.7 Å². The normalized spacial score (nSPS) is 36.4. The van der Waals surface area contributed by atoms with Gasteiger partial charge in [-0.2, -0.15) is 0 Å². The van der Waals surface area contributed by atoms with Crippen LogP contribution in [0.25, 0.3) is 0 Å². The van der Waals surface area contributed by atoms with Crippen molar-refractivity contribution < 1.29 is 9.90 Å². The average molecular weight is 233 g/mol. The van der Waals surface area contributed by atoms with Gasteiger partial charge in [0.05, 0.1) is 17.5 Å². The summed E-state index contributed by atoms with van der Waals surface area (Å²) in [6.07, 6.45) is 2.79. The lowest BCUT2D eigenvalue weighted by atomic mass is 9.62. The lowest BCUT2D eigenvalue weighted by Gasteiger charge is -2.42. The molecule has 1 N–H and O–H groups in total. The Balaban J connectivity index is 1.84. The van der Waals surface area contributed by atoms with E-state index in [-0.39, 0.29) is 11.2 Å². The number of hydrogen-bond donors (Lipinski definition) is 1. The number of aliphatic carboxylic acids is 1. The van der Waals surface area contributed by atoms with Gasteiger partial charge in [-0.25, -0.2) is 9.78 Å². The fraction of sp³-hybridized carbons (Fsp3) is 0.545. The number of carbonyl (C=O) groups is 1. The number of aromatic nitrogens is 2. The largest absolute Gasteiger partial charge is 0.481 e. The maximum atomic E-state index is 11.6. The van der Waals surface area contributed by atoms with Crippen LogP contribution in [-0.4, -0.2) is 32.7 Å². The highest BCUT2D eigenvalue weighted by Gasteiger charge is 2.71. The third-order valence-electron chi connectivity index (χ3n) is 4.47. The molecule has 6 nitrogen and oxygen atoms in total. The van der Waals surface area contributed by atoms with E-state index in [1.807, 2.05) is 0 Å². The minimum absolute atomic E-state index is 0.131. The molecule has 0 atom stereocenters. The molecule has 0 unspecified atom stereocenters. The van der Waals surface area contributed by atoms with E-state index in [0.29, 0.717) is 25.9 Å². The molecule has 2 bridgehead atoms. The predicted octanol–water partition coefficient (Wildman–Crippen LogP) is -0.320. The van der Waals surface area contributed by atoms with Gasteiger partial charge in [0.25, 0.3) is 0 Å². The molecule has 88 valence electrons. The van der Waals surface area contributed by atoms with Crippen LogP contribution in [0.5, 0.6) is 0 Å². The van der Waals surface area contributed by atoms with Crippen molar-refractivity contribution in [3.8, 4) is 0 Å². The summed E-state index contributed by atoms with van der Waals surface area (Å²) in [5.74, 6) is 0.117. The van der Waals surface area contributed by atoms with E-state index in [0.717, 1.165) is 5.82 Å². The number of carboxylic acids is 1. The SMILES string of the molecule is O=C(O)C12CN3c4ccnc(=O)n4CC3(C1)C2. The first-order valence-corrected chi connectivity index (χ1v) is 5.63. The minimum atomic E-state index is -0.708. The van der Waals surface area contributed by atoms with Crippen LogP contribution < -0.4 is 10.6 Å². The van der Waals surface area contributed by atoms with Crippen LogP contribution in [-0.2, 0) is 11.3 Å². The Morgan fingerprint density at radius 1 is 1.41 bits per heavy atom. The highest BCUT2D eigenvalue weighted by Crippen LogP contribution is 2.63. The topological polar surface area (TPSA) is 75.4 Å². The molecule has 1 saturated carbocycles. The second-order valence-electron chi connectivity index (χ2n) is 5.42. The molecular weight excluding hydrogens is 222 g/mol. The van der Waals surface area contributed by atoms with Gasteiger partial charge >= 0.3 is 11.7 Å². The monoisotopic (exact) mass is 233 g/mol. The van der Waals surface area contributed by atoms with Crippen molar-refractivity contribution >= 4 is 11.8 Å². The third kappa shape index (κ3) is 0.831. The van der Waals surface area contributed by atoms with E-state index in [1.54, 1.807) is 10.6 Å². The summed E-state index contributed by atoms with van der Waals surface area (Å²) in [7, 11) is 0. The zero-order valence-corrected chi connectivity index (χ0v) is 9.09. The fourth-order valence-corrected chi connectivity index (χ4v) is 3.83. The molecule has 0 aromatic carbocycles. The molecule has 2 saturated heterocycles. The number of nitrogens with zero attached hydrogens (tertiary/aromatic N) is 3. The Hall–Kier alpha value is -1.85. The standard InChI is InChI=1S/C11H11N3O3/c15-8(16)10-3-11(4-10)6-13-7(14(11)5-10)1-2-12-9(13)17/h1-2H,3-6H2,(H,15,16). The van der Waals surface area contributed by atoms with Crippen LogP contribution in [0.3, 0.4) is 0 Å². The van der Waals surface area contributed by atoms with E-state index in [1.165, 1.54) is 6.20 Å². The van der Waals surface area contributed by atoms with Gasteiger partial charge in [0, 0.05) is 12.7 Å². The van der Waals surface area contributed by atoms with Crippen molar-refractivity contribution in [2.45, 2.75) is 24.9 Å². The lowest BCUT2D eigenvalue weighted by molar-refractivity contribution is -0.153. The molecule has 0 amide bonds. The van der Waals surface area contributed by atoms with Gasteiger partial charge in [-0.15, -0.1) is 0 Å². The second kappa shape index (κ2) is 2.37. The van der Waals surface area contributed by atoms with Crippen LogP contribution in [0.1, 0.15) is 12.8 Å². The molecule has 1 aliphatic carbocycles. The van der Waals surface area contributed by atoms with Gasteiger partial charge in [-0.1, -0.05) is 0 Å². The summed E-state index contributed by atoms with van der Waals surface area (Å²) in [4.78, 5) is 28.7. The van der Waals surface area contributed by atoms with Crippen molar-refractivity contribution in [2.75, 3.05) is 11.4 Å². The molecule has 5 rings (SSSR count). The Morgan fingerprint density at radius 3 is 2.88 bits per heavy atom. The van der Waals surface area contributed by atoms with E-state index < -0.39 is 11.4 Å². The highest BCUT2D eigenvalue weighted by molar-refractivity contribution is 5.81. The first-order chi connectivity index (χ1) is 8.06. The molecular formula is C11H11N3O3. The van der Waals surface area contributed by atoms with Gasteiger partial charge in [-0.3, -0.25) is 9.36 Å². The van der Waals surface area contributed by atoms with Crippen molar-refractivity contribution in [1.29, 1.82) is 0 Å². The van der Waals surface area contributed by atoms with E-state index in [2.05, 4.69) is 9.88 Å². The summed E-state index contributed by atoms with van der Waals surface area (Å²) in [5.41, 5.74) is -0.947. The molecule has 4 aliphatic rings. The molecule has 0 radical (unpaired) electrons. The van der Waals surface area contributed by atoms with Gasteiger partial charge in [0.2, 0.25) is 0 Å².